The Morgan fingerprint density at radius 3 is 2.67 bits per heavy atom. The summed E-state index contributed by atoms with van der Waals surface area (Å²) in [4.78, 5) is 27.0. The number of aromatic nitrogens is 2. The molecule has 0 unspecified atom stereocenters. The second kappa shape index (κ2) is 6.74. The van der Waals surface area contributed by atoms with Gasteiger partial charge in [-0.3, -0.25) is 14.3 Å². The predicted molar refractivity (Wildman–Crippen MR) is 83.0 cm³/mol. The highest BCUT2D eigenvalue weighted by Crippen LogP contribution is 2.24. The SMILES string of the molecule is COCCCn1c(=O)[nH]c(Cl)c(-c2ccccc2C)c1=O. The molecule has 0 aliphatic carbocycles. The molecule has 0 amide bonds. The van der Waals surface area contributed by atoms with E-state index in [2.05, 4.69) is 4.98 Å². The number of hydrogen-bond acceptors (Lipinski definition) is 3. The van der Waals surface area contributed by atoms with Crippen molar-refractivity contribution in [3.8, 4) is 11.1 Å². The average molecular weight is 309 g/mol. The van der Waals surface area contributed by atoms with Crippen LogP contribution in [0.4, 0.5) is 0 Å². The Labute approximate surface area is 127 Å². The van der Waals surface area contributed by atoms with Gasteiger partial charge in [-0.15, -0.1) is 0 Å². The van der Waals surface area contributed by atoms with Gasteiger partial charge in [0.2, 0.25) is 0 Å². The molecule has 1 aromatic carbocycles. The molecule has 0 radical (unpaired) electrons. The Kier molecular flexibility index (Phi) is 4.98. The van der Waals surface area contributed by atoms with Gasteiger partial charge in [-0.05, 0) is 24.5 Å². The van der Waals surface area contributed by atoms with Gasteiger partial charge in [-0.25, -0.2) is 4.79 Å². The normalized spacial score (nSPS) is 10.8. The van der Waals surface area contributed by atoms with Crippen LogP contribution in [0.15, 0.2) is 33.9 Å². The number of ether oxygens (including phenoxy) is 1. The summed E-state index contributed by atoms with van der Waals surface area (Å²) >= 11 is 6.08. The Bertz CT molecular complexity index is 749. The van der Waals surface area contributed by atoms with Crippen LogP contribution in [-0.2, 0) is 11.3 Å². The number of benzene rings is 1. The van der Waals surface area contributed by atoms with Crippen molar-refractivity contribution in [2.45, 2.75) is 19.9 Å². The Morgan fingerprint density at radius 2 is 2.00 bits per heavy atom. The minimum Gasteiger partial charge on any atom is -0.385 e. The molecule has 0 atom stereocenters. The summed E-state index contributed by atoms with van der Waals surface area (Å²) in [5.74, 6) is 0. The number of nitrogens with one attached hydrogen (secondary N) is 1. The molecule has 0 saturated carbocycles. The van der Waals surface area contributed by atoms with E-state index in [4.69, 9.17) is 16.3 Å². The third kappa shape index (κ3) is 3.25. The summed E-state index contributed by atoms with van der Waals surface area (Å²) in [5.41, 5.74) is 1.09. The van der Waals surface area contributed by atoms with Crippen molar-refractivity contribution in [3.05, 3.63) is 55.8 Å². The lowest BCUT2D eigenvalue weighted by molar-refractivity contribution is 0.189. The van der Waals surface area contributed by atoms with Crippen molar-refractivity contribution in [3.63, 3.8) is 0 Å². The van der Waals surface area contributed by atoms with Gasteiger partial charge in [0.25, 0.3) is 5.56 Å². The van der Waals surface area contributed by atoms with E-state index in [9.17, 15) is 9.59 Å². The van der Waals surface area contributed by atoms with Gasteiger partial charge in [-0.2, -0.15) is 0 Å². The second-order valence-corrected chi connectivity index (χ2v) is 5.12. The van der Waals surface area contributed by atoms with Crippen LogP contribution in [0.5, 0.6) is 0 Å². The van der Waals surface area contributed by atoms with E-state index < -0.39 is 5.69 Å². The van der Waals surface area contributed by atoms with Gasteiger partial charge in [0.05, 0.1) is 5.56 Å². The number of rotatable bonds is 5. The molecule has 0 spiro atoms. The molecular weight excluding hydrogens is 292 g/mol. The molecule has 6 heteroatoms. The summed E-state index contributed by atoms with van der Waals surface area (Å²) in [6.07, 6.45) is 0.578. The standard InChI is InChI=1S/C15H17ClN2O3/c1-10-6-3-4-7-11(10)12-13(16)17-15(20)18(14(12)19)8-5-9-21-2/h3-4,6-7H,5,8-9H2,1-2H3,(H,17,20). The van der Waals surface area contributed by atoms with E-state index in [1.54, 1.807) is 7.11 Å². The first-order chi connectivity index (χ1) is 10.1. The van der Waals surface area contributed by atoms with Crippen LogP contribution in [0.1, 0.15) is 12.0 Å². The summed E-state index contributed by atoms with van der Waals surface area (Å²) in [6, 6.07) is 7.43. The zero-order valence-corrected chi connectivity index (χ0v) is 12.7. The summed E-state index contributed by atoms with van der Waals surface area (Å²) in [7, 11) is 1.58. The maximum absolute atomic E-state index is 12.6. The van der Waals surface area contributed by atoms with Gasteiger partial charge in [0.15, 0.2) is 0 Å². The number of hydrogen-bond donors (Lipinski definition) is 1. The van der Waals surface area contributed by atoms with Crippen molar-refractivity contribution in [1.82, 2.24) is 9.55 Å². The Morgan fingerprint density at radius 1 is 1.29 bits per heavy atom. The lowest BCUT2D eigenvalue weighted by Crippen LogP contribution is -2.36. The van der Waals surface area contributed by atoms with Crippen LogP contribution >= 0.6 is 11.6 Å². The van der Waals surface area contributed by atoms with Crippen LogP contribution in [0.2, 0.25) is 5.15 Å². The minimum absolute atomic E-state index is 0.0716. The fourth-order valence-electron chi connectivity index (χ4n) is 2.20. The van der Waals surface area contributed by atoms with E-state index in [1.807, 2.05) is 31.2 Å². The van der Waals surface area contributed by atoms with Crippen LogP contribution in [-0.4, -0.2) is 23.3 Å². The molecule has 1 aromatic heterocycles. The minimum atomic E-state index is -0.501. The molecule has 0 aliphatic heterocycles. The quantitative estimate of drug-likeness (QED) is 0.680. The van der Waals surface area contributed by atoms with E-state index >= 15 is 0 Å². The Balaban J connectivity index is 2.57. The molecule has 5 nitrogen and oxygen atoms in total. The average Bonchev–Trinajstić information content (AvgIpc) is 2.44. The maximum Gasteiger partial charge on any atom is 0.329 e. The molecule has 112 valence electrons. The molecule has 1 heterocycles. The Hall–Kier alpha value is -1.85. The van der Waals surface area contributed by atoms with Crippen molar-refractivity contribution in [2.24, 2.45) is 0 Å². The van der Waals surface area contributed by atoms with Gasteiger partial charge >= 0.3 is 5.69 Å². The maximum atomic E-state index is 12.6. The van der Waals surface area contributed by atoms with Gasteiger partial charge in [0, 0.05) is 20.3 Å². The fraction of sp³-hybridized carbons (Fsp3) is 0.333. The van der Waals surface area contributed by atoms with E-state index in [-0.39, 0.29) is 17.3 Å². The first-order valence-corrected chi connectivity index (χ1v) is 7.01. The second-order valence-electron chi connectivity index (χ2n) is 4.74. The van der Waals surface area contributed by atoms with Gasteiger partial charge in [-0.1, -0.05) is 35.9 Å². The molecule has 0 fully saturated rings. The largest absolute Gasteiger partial charge is 0.385 e. The topological polar surface area (TPSA) is 64.1 Å². The number of methoxy groups -OCH3 is 1. The summed E-state index contributed by atoms with van der Waals surface area (Å²) in [6.45, 7) is 2.66. The lowest BCUT2D eigenvalue weighted by atomic mass is 10.0. The summed E-state index contributed by atoms with van der Waals surface area (Å²) in [5, 5.41) is 0.0716. The monoisotopic (exact) mass is 308 g/mol. The van der Waals surface area contributed by atoms with Crippen molar-refractivity contribution < 1.29 is 4.74 Å². The third-order valence-corrected chi connectivity index (χ3v) is 3.57. The smallest absolute Gasteiger partial charge is 0.329 e. The highest BCUT2D eigenvalue weighted by Gasteiger charge is 2.15. The molecule has 0 bridgehead atoms. The molecule has 2 aromatic rings. The lowest BCUT2D eigenvalue weighted by Gasteiger charge is -2.10. The van der Waals surface area contributed by atoms with Crippen LogP contribution in [0.3, 0.4) is 0 Å². The zero-order valence-electron chi connectivity index (χ0n) is 12.0. The van der Waals surface area contributed by atoms with E-state index in [0.29, 0.717) is 18.6 Å². The van der Waals surface area contributed by atoms with Crippen LogP contribution in [0, 0.1) is 6.92 Å². The van der Waals surface area contributed by atoms with Gasteiger partial charge in [0.1, 0.15) is 5.15 Å². The first kappa shape index (κ1) is 15.5. The van der Waals surface area contributed by atoms with Crippen LogP contribution < -0.4 is 11.2 Å². The van der Waals surface area contributed by atoms with E-state index in [0.717, 1.165) is 15.7 Å². The van der Waals surface area contributed by atoms with Crippen molar-refractivity contribution >= 4 is 11.6 Å². The number of nitrogens with zero attached hydrogens (tertiary/aromatic N) is 1. The summed E-state index contributed by atoms with van der Waals surface area (Å²) < 4.78 is 6.11. The van der Waals surface area contributed by atoms with Gasteiger partial charge < -0.3 is 4.74 Å². The fourth-order valence-corrected chi connectivity index (χ4v) is 2.47. The number of aryl methyl sites for hydroxylation is 1. The van der Waals surface area contributed by atoms with Crippen LogP contribution in [0.25, 0.3) is 11.1 Å². The molecule has 1 N–H and O–H groups in total. The number of H-pyrrole nitrogens is 1. The molecule has 0 aliphatic rings. The first-order valence-electron chi connectivity index (χ1n) is 6.63. The molecule has 0 saturated heterocycles. The number of halogens is 1. The number of aromatic amines is 1. The highest BCUT2D eigenvalue weighted by molar-refractivity contribution is 6.32. The predicted octanol–water partition coefficient (Wildman–Crippen LogP) is 2.20. The molecular formula is C15H17ClN2O3. The highest BCUT2D eigenvalue weighted by atomic mass is 35.5. The van der Waals surface area contributed by atoms with Crippen molar-refractivity contribution in [2.75, 3.05) is 13.7 Å². The van der Waals surface area contributed by atoms with E-state index in [1.165, 1.54) is 0 Å². The zero-order chi connectivity index (χ0) is 15.4. The third-order valence-electron chi connectivity index (χ3n) is 3.28. The molecule has 21 heavy (non-hydrogen) atoms. The van der Waals surface area contributed by atoms with Crippen molar-refractivity contribution in [1.29, 1.82) is 0 Å². The molecule has 2 rings (SSSR count).